The first-order valence-corrected chi connectivity index (χ1v) is 6.95. The van der Waals surface area contributed by atoms with Gasteiger partial charge in [0.2, 0.25) is 0 Å². The zero-order valence-corrected chi connectivity index (χ0v) is 12.3. The Kier molecular flexibility index (Phi) is 5.21. The molecule has 0 radical (unpaired) electrons. The van der Waals surface area contributed by atoms with E-state index >= 15 is 0 Å². The maximum absolute atomic E-state index is 12.0. The first-order valence-electron chi connectivity index (χ1n) is 6.95. The van der Waals surface area contributed by atoms with Gasteiger partial charge < -0.3 is 24.6 Å². The summed E-state index contributed by atoms with van der Waals surface area (Å²) in [6, 6.07) is 6.84. The highest BCUT2D eigenvalue weighted by atomic mass is 16.5. The summed E-state index contributed by atoms with van der Waals surface area (Å²) in [7, 11) is 1.54. The molecule has 0 bridgehead atoms. The second kappa shape index (κ2) is 7.13. The van der Waals surface area contributed by atoms with Crippen molar-refractivity contribution in [3.63, 3.8) is 0 Å². The van der Waals surface area contributed by atoms with Gasteiger partial charge in [-0.15, -0.1) is 0 Å². The first-order chi connectivity index (χ1) is 10.6. The van der Waals surface area contributed by atoms with Crippen LogP contribution in [0.15, 0.2) is 24.3 Å². The van der Waals surface area contributed by atoms with Crippen molar-refractivity contribution in [2.24, 2.45) is 0 Å². The quantitative estimate of drug-likeness (QED) is 0.808. The number of carbonyl (C=O) groups is 2. The van der Waals surface area contributed by atoms with E-state index in [1.54, 1.807) is 24.3 Å². The van der Waals surface area contributed by atoms with E-state index in [0.29, 0.717) is 24.7 Å². The third-order valence-electron chi connectivity index (χ3n) is 3.55. The molecule has 22 heavy (non-hydrogen) atoms. The van der Waals surface area contributed by atoms with Crippen LogP contribution in [-0.4, -0.2) is 49.5 Å². The zero-order chi connectivity index (χ0) is 16.0. The molecule has 0 saturated carbocycles. The number of benzene rings is 1. The Hall–Kier alpha value is -2.28. The fourth-order valence-electron chi connectivity index (χ4n) is 2.26. The van der Waals surface area contributed by atoms with Gasteiger partial charge in [-0.2, -0.15) is 0 Å². The molecule has 0 aromatic heterocycles. The lowest BCUT2D eigenvalue weighted by molar-refractivity contribution is -0.152. The molecule has 7 heteroatoms. The number of hydrogen-bond donors (Lipinski definition) is 2. The maximum Gasteiger partial charge on any atom is 0.329 e. The van der Waals surface area contributed by atoms with E-state index < -0.39 is 17.4 Å². The molecular formula is C15H19NO6. The molecule has 1 amide bonds. The number of nitrogens with one attached hydrogen (secondary N) is 1. The molecular weight excluding hydrogens is 290 g/mol. The van der Waals surface area contributed by atoms with Crippen LogP contribution in [0.4, 0.5) is 0 Å². The number of carbonyl (C=O) groups excluding carboxylic acids is 1. The first kappa shape index (κ1) is 16.1. The van der Waals surface area contributed by atoms with Crippen molar-refractivity contribution in [2.45, 2.75) is 18.4 Å². The third kappa shape index (κ3) is 3.88. The van der Waals surface area contributed by atoms with E-state index in [1.165, 1.54) is 7.11 Å². The molecule has 0 aliphatic carbocycles. The standard InChI is InChI=1S/C15H19NO6/c1-20-11-3-2-4-12(9-11)22-10-13(17)16-15(14(18)19)5-7-21-8-6-15/h2-4,9H,5-8,10H2,1H3,(H,16,17)(H,18,19). The van der Waals surface area contributed by atoms with E-state index in [4.69, 9.17) is 14.2 Å². The van der Waals surface area contributed by atoms with Crippen LogP contribution in [-0.2, 0) is 14.3 Å². The molecule has 1 aliphatic rings. The van der Waals surface area contributed by atoms with Crippen LogP contribution in [0, 0.1) is 0 Å². The van der Waals surface area contributed by atoms with E-state index in [9.17, 15) is 14.7 Å². The summed E-state index contributed by atoms with van der Waals surface area (Å²) < 4.78 is 15.6. The number of amides is 1. The molecule has 1 aromatic rings. The van der Waals surface area contributed by atoms with Gasteiger partial charge in [0.1, 0.15) is 17.0 Å². The van der Waals surface area contributed by atoms with E-state index in [0.717, 1.165) is 0 Å². The normalized spacial score (nSPS) is 16.6. The van der Waals surface area contributed by atoms with Crippen molar-refractivity contribution < 1.29 is 28.9 Å². The van der Waals surface area contributed by atoms with Gasteiger partial charge in [0.25, 0.3) is 5.91 Å². The lowest BCUT2D eigenvalue weighted by Gasteiger charge is -2.33. The minimum absolute atomic E-state index is 0.243. The predicted molar refractivity (Wildman–Crippen MR) is 77.1 cm³/mol. The highest BCUT2D eigenvalue weighted by Crippen LogP contribution is 2.22. The molecule has 1 heterocycles. The fourth-order valence-corrected chi connectivity index (χ4v) is 2.26. The number of carboxylic acids is 1. The van der Waals surface area contributed by atoms with Crippen molar-refractivity contribution in [3.8, 4) is 11.5 Å². The number of ether oxygens (including phenoxy) is 3. The van der Waals surface area contributed by atoms with Crippen LogP contribution in [0.2, 0.25) is 0 Å². The Morgan fingerprint density at radius 3 is 2.64 bits per heavy atom. The molecule has 2 N–H and O–H groups in total. The smallest absolute Gasteiger partial charge is 0.329 e. The van der Waals surface area contributed by atoms with Gasteiger partial charge in [-0.25, -0.2) is 4.79 Å². The van der Waals surface area contributed by atoms with Crippen LogP contribution >= 0.6 is 0 Å². The van der Waals surface area contributed by atoms with Crippen LogP contribution in [0.3, 0.4) is 0 Å². The molecule has 0 spiro atoms. The number of rotatable bonds is 6. The SMILES string of the molecule is COc1cccc(OCC(=O)NC2(C(=O)O)CCOCC2)c1. The monoisotopic (exact) mass is 309 g/mol. The van der Waals surface area contributed by atoms with E-state index in [2.05, 4.69) is 5.32 Å². The van der Waals surface area contributed by atoms with Gasteiger partial charge >= 0.3 is 5.97 Å². The number of aliphatic carboxylic acids is 1. The Morgan fingerprint density at radius 2 is 2.00 bits per heavy atom. The number of methoxy groups -OCH3 is 1. The lowest BCUT2D eigenvalue weighted by atomic mass is 9.90. The lowest BCUT2D eigenvalue weighted by Crippen LogP contribution is -2.58. The average molecular weight is 309 g/mol. The van der Waals surface area contributed by atoms with E-state index in [-0.39, 0.29) is 19.4 Å². The zero-order valence-electron chi connectivity index (χ0n) is 12.3. The van der Waals surface area contributed by atoms with Crippen LogP contribution in [0.5, 0.6) is 11.5 Å². The molecule has 0 unspecified atom stereocenters. The second-order valence-corrected chi connectivity index (χ2v) is 5.02. The highest BCUT2D eigenvalue weighted by molar-refractivity contribution is 5.87. The summed E-state index contributed by atoms with van der Waals surface area (Å²) in [6.07, 6.45) is 0.487. The van der Waals surface area contributed by atoms with Gasteiger partial charge in [-0.05, 0) is 12.1 Å². The number of hydrogen-bond acceptors (Lipinski definition) is 5. The average Bonchev–Trinajstić information content (AvgIpc) is 2.54. The molecule has 1 aromatic carbocycles. The van der Waals surface area contributed by atoms with Crippen LogP contribution < -0.4 is 14.8 Å². The molecule has 7 nitrogen and oxygen atoms in total. The summed E-state index contributed by atoms with van der Waals surface area (Å²) in [5.74, 6) is -0.437. The minimum atomic E-state index is -1.27. The van der Waals surface area contributed by atoms with Gasteiger partial charge in [-0.1, -0.05) is 6.07 Å². The Balaban J connectivity index is 1.92. The van der Waals surface area contributed by atoms with Crippen molar-refractivity contribution in [1.82, 2.24) is 5.32 Å². The molecule has 2 rings (SSSR count). The minimum Gasteiger partial charge on any atom is -0.497 e. The highest BCUT2D eigenvalue weighted by Gasteiger charge is 2.41. The summed E-state index contributed by atoms with van der Waals surface area (Å²) in [5.41, 5.74) is -1.27. The summed E-state index contributed by atoms with van der Waals surface area (Å²) in [5, 5.41) is 11.9. The molecule has 0 atom stereocenters. The predicted octanol–water partition coefficient (Wildman–Crippen LogP) is 0.824. The van der Waals surface area contributed by atoms with Gasteiger partial charge in [0, 0.05) is 32.1 Å². The van der Waals surface area contributed by atoms with Crippen LogP contribution in [0.1, 0.15) is 12.8 Å². The molecule has 120 valence electrons. The Bertz CT molecular complexity index is 539. The fraction of sp³-hybridized carbons (Fsp3) is 0.467. The Labute approximate surface area is 128 Å². The summed E-state index contributed by atoms with van der Waals surface area (Å²) >= 11 is 0. The van der Waals surface area contributed by atoms with Gasteiger partial charge in [0.15, 0.2) is 6.61 Å². The molecule has 1 fully saturated rings. The Morgan fingerprint density at radius 1 is 1.32 bits per heavy atom. The van der Waals surface area contributed by atoms with Gasteiger partial charge in [0.05, 0.1) is 7.11 Å². The summed E-state index contributed by atoms with van der Waals surface area (Å²) in [6.45, 7) is 0.357. The van der Waals surface area contributed by atoms with Crippen molar-refractivity contribution in [1.29, 1.82) is 0 Å². The van der Waals surface area contributed by atoms with E-state index in [1.807, 2.05) is 0 Å². The largest absolute Gasteiger partial charge is 0.497 e. The van der Waals surface area contributed by atoms with Gasteiger partial charge in [-0.3, -0.25) is 4.79 Å². The molecule has 1 aliphatic heterocycles. The van der Waals surface area contributed by atoms with Crippen molar-refractivity contribution >= 4 is 11.9 Å². The molecule has 1 saturated heterocycles. The summed E-state index contributed by atoms with van der Waals surface area (Å²) in [4.78, 5) is 23.4. The van der Waals surface area contributed by atoms with Crippen LogP contribution in [0.25, 0.3) is 0 Å². The van der Waals surface area contributed by atoms with Crippen molar-refractivity contribution in [3.05, 3.63) is 24.3 Å². The third-order valence-corrected chi connectivity index (χ3v) is 3.55. The number of carboxylic acid groups (broad SMARTS) is 1. The maximum atomic E-state index is 12.0. The topological polar surface area (TPSA) is 94.1 Å². The second-order valence-electron chi connectivity index (χ2n) is 5.02. The van der Waals surface area contributed by atoms with Crippen molar-refractivity contribution in [2.75, 3.05) is 26.9 Å².